The molecule has 1 rings (SSSR count). The number of carboxylic acids is 1. The first-order valence-electron chi connectivity index (χ1n) is 7.10. The van der Waals surface area contributed by atoms with Gasteiger partial charge < -0.3 is 20.1 Å². The van der Waals surface area contributed by atoms with Gasteiger partial charge >= 0.3 is 5.97 Å². The molecule has 1 aromatic rings. The molecular formula is C14H20BrN3O4S. The molecule has 9 heteroatoms. The number of hydrogen-bond donors (Lipinski definition) is 2. The molecule has 1 aromatic heterocycles. The summed E-state index contributed by atoms with van der Waals surface area (Å²) in [6.45, 7) is 0.0959. The third kappa shape index (κ3) is 6.36. The summed E-state index contributed by atoms with van der Waals surface area (Å²) in [6.07, 6.45) is 2.60. The van der Waals surface area contributed by atoms with Gasteiger partial charge in [-0.15, -0.1) is 11.3 Å². The van der Waals surface area contributed by atoms with Crippen LogP contribution in [0, 0.1) is 0 Å². The molecule has 1 unspecified atom stereocenters. The fourth-order valence-electron chi connectivity index (χ4n) is 2.02. The Hall–Kier alpha value is -1.32. The number of nitrogens with one attached hydrogen (secondary N) is 1. The van der Waals surface area contributed by atoms with Crippen LogP contribution in [0.3, 0.4) is 0 Å². The molecule has 0 aliphatic heterocycles. The van der Waals surface area contributed by atoms with Gasteiger partial charge in [-0.2, -0.15) is 0 Å². The minimum atomic E-state index is -0.923. The number of hydrogen-bond acceptors (Lipinski definition) is 6. The summed E-state index contributed by atoms with van der Waals surface area (Å²) >= 11 is 4.77. The fourth-order valence-corrected chi connectivity index (χ4v) is 3.67. The first-order valence-corrected chi connectivity index (χ1v) is 8.71. The van der Waals surface area contributed by atoms with E-state index in [-0.39, 0.29) is 12.5 Å². The summed E-state index contributed by atoms with van der Waals surface area (Å²) < 4.78 is 0.701. The molecular weight excluding hydrogens is 386 g/mol. The van der Waals surface area contributed by atoms with E-state index >= 15 is 0 Å². The van der Waals surface area contributed by atoms with E-state index in [1.54, 1.807) is 14.1 Å². The number of carbonyl (C=O) groups excluding carboxylic acids is 2. The number of aldehydes is 1. The molecule has 0 fully saturated rings. The standard InChI is InChI=1S/C14H20BrN3O4S/c1-16-10(13(21)22)8-9-11(23-14(15)17-9)4-3-5-12(20)18(2)6-7-19/h7,10,16H,3-6,8H2,1-2H3,(H,21,22). The van der Waals surface area contributed by atoms with Crippen molar-refractivity contribution in [1.82, 2.24) is 15.2 Å². The van der Waals surface area contributed by atoms with Crippen molar-refractivity contribution in [2.24, 2.45) is 0 Å². The van der Waals surface area contributed by atoms with Crippen molar-refractivity contribution in [3.63, 3.8) is 0 Å². The highest BCUT2D eigenvalue weighted by Crippen LogP contribution is 2.26. The Labute approximate surface area is 147 Å². The molecule has 0 aromatic carbocycles. The summed E-state index contributed by atoms with van der Waals surface area (Å²) in [5, 5.41) is 11.9. The number of aromatic nitrogens is 1. The molecule has 0 radical (unpaired) electrons. The molecule has 23 heavy (non-hydrogen) atoms. The van der Waals surface area contributed by atoms with Gasteiger partial charge in [0.05, 0.1) is 12.2 Å². The van der Waals surface area contributed by atoms with Crippen molar-refractivity contribution in [2.75, 3.05) is 20.6 Å². The summed E-state index contributed by atoms with van der Waals surface area (Å²) in [5.74, 6) is -1.01. The number of aryl methyl sites for hydroxylation is 1. The number of nitrogens with zero attached hydrogens (tertiary/aromatic N) is 2. The van der Waals surface area contributed by atoms with Crippen molar-refractivity contribution in [3.8, 4) is 0 Å². The topological polar surface area (TPSA) is 99.6 Å². The second kappa shape index (κ2) is 9.74. The van der Waals surface area contributed by atoms with Gasteiger partial charge in [0.25, 0.3) is 0 Å². The minimum absolute atomic E-state index is 0.0825. The highest BCUT2D eigenvalue weighted by molar-refractivity contribution is 9.11. The third-order valence-corrected chi connectivity index (χ3v) is 4.97. The van der Waals surface area contributed by atoms with Crippen LogP contribution in [0.4, 0.5) is 0 Å². The number of carbonyl (C=O) groups is 3. The van der Waals surface area contributed by atoms with Crippen molar-refractivity contribution in [2.45, 2.75) is 31.7 Å². The van der Waals surface area contributed by atoms with Crippen molar-refractivity contribution >= 4 is 45.4 Å². The van der Waals surface area contributed by atoms with Gasteiger partial charge in [-0.3, -0.25) is 9.59 Å². The summed E-state index contributed by atoms with van der Waals surface area (Å²) in [5.41, 5.74) is 0.734. The Kier molecular flexibility index (Phi) is 8.35. The maximum Gasteiger partial charge on any atom is 0.321 e. The van der Waals surface area contributed by atoms with Crippen LogP contribution in [0.15, 0.2) is 3.92 Å². The summed E-state index contributed by atoms with van der Waals surface area (Å²) in [7, 11) is 3.19. The average Bonchev–Trinajstić information content (AvgIpc) is 2.84. The lowest BCUT2D eigenvalue weighted by Crippen LogP contribution is -2.36. The molecule has 1 heterocycles. The van der Waals surface area contributed by atoms with Gasteiger partial charge in [-0.1, -0.05) is 0 Å². The van der Waals surface area contributed by atoms with E-state index in [2.05, 4.69) is 26.2 Å². The van der Waals surface area contributed by atoms with E-state index in [9.17, 15) is 14.4 Å². The van der Waals surface area contributed by atoms with Gasteiger partial charge in [0.1, 0.15) is 12.3 Å². The van der Waals surface area contributed by atoms with Crippen LogP contribution in [-0.2, 0) is 27.2 Å². The van der Waals surface area contributed by atoms with Gasteiger partial charge in [0, 0.05) is 24.8 Å². The number of halogens is 1. The number of amides is 1. The summed E-state index contributed by atoms with van der Waals surface area (Å²) in [6, 6.07) is -0.692. The minimum Gasteiger partial charge on any atom is -0.480 e. The van der Waals surface area contributed by atoms with Crippen LogP contribution in [0.2, 0.25) is 0 Å². The van der Waals surface area contributed by atoms with Crippen molar-refractivity contribution in [1.29, 1.82) is 0 Å². The quantitative estimate of drug-likeness (QED) is 0.565. The zero-order valence-electron chi connectivity index (χ0n) is 13.0. The van der Waals surface area contributed by atoms with Gasteiger partial charge in [0.2, 0.25) is 5.91 Å². The van der Waals surface area contributed by atoms with Crippen LogP contribution in [0.25, 0.3) is 0 Å². The molecule has 128 valence electrons. The predicted molar refractivity (Wildman–Crippen MR) is 90.6 cm³/mol. The number of thiazole rings is 1. The molecule has 1 atom stereocenters. The van der Waals surface area contributed by atoms with E-state index in [0.29, 0.717) is 35.9 Å². The van der Waals surface area contributed by atoms with E-state index in [4.69, 9.17) is 5.11 Å². The molecule has 1 amide bonds. The maximum atomic E-state index is 11.8. The maximum absolute atomic E-state index is 11.8. The second-order valence-electron chi connectivity index (χ2n) is 5.01. The molecule has 0 saturated carbocycles. The molecule has 7 nitrogen and oxygen atoms in total. The van der Waals surface area contributed by atoms with E-state index in [1.807, 2.05) is 0 Å². The Morgan fingerprint density at radius 2 is 2.22 bits per heavy atom. The van der Waals surface area contributed by atoms with Crippen molar-refractivity contribution < 1.29 is 19.5 Å². The molecule has 0 aliphatic rings. The van der Waals surface area contributed by atoms with Crippen LogP contribution < -0.4 is 5.32 Å². The normalized spacial score (nSPS) is 12.0. The van der Waals surface area contributed by atoms with Crippen LogP contribution in [0.1, 0.15) is 23.4 Å². The van der Waals surface area contributed by atoms with Gasteiger partial charge in [0.15, 0.2) is 3.92 Å². The monoisotopic (exact) mass is 405 g/mol. The zero-order valence-corrected chi connectivity index (χ0v) is 15.4. The van der Waals surface area contributed by atoms with E-state index in [0.717, 1.165) is 10.6 Å². The van der Waals surface area contributed by atoms with Gasteiger partial charge in [-0.05, 0) is 35.8 Å². The highest BCUT2D eigenvalue weighted by atomic mass is 79.9. The lowest BCUT2D eigenvalue weighted by atomic mass is 10.1. The van der Waals surface area contributed by atoms with Crippen molar-refractivity contribution in [3.05, 3.63) is 14.5 Å². The van der Waals surface area contributed by atoms with Crippen LogP contribution >= 0.6 is 27.3 Å². The SMILES string of the molecule is CNC(Cc1nc(Br)sc1CCCC(=O)N(C)CC=O)C(=O)O. The molecule has 0 spiro atoms. The predicted octanol–water partition coefficient (Wildman–Crippen LogP) is 1.10. The second-order valence-corrected chi connectivity index (χ2v) is 7.37. The first-order chi connectivity index (χ1) is 10.9. The van der Waals surface area contributed by atoms with E-state index < -0.39 is 12.0 Å². The lowest BCUT2D eigenvalue weighted by molar-refractivity contribution is -0.139. The molecule has 0 bridgehead atoms. The third-order valence-electron chi connectivity index (χ3n) is 3.36. The fraction of sp³-hybridized carbons (Fsp3) is 0.571. The zero-order chi connectivity index (χ0) is 17.4. The molecule has 0 saturated heterocycles. The van der Waals surface area contributed by atoms with Crippen LogP contribution in [-0.4, -0.2) is 59.8 Å². The first kappa shape index (κ1) is 19.7. The lowest BCUT2D eigenvalue weighted by Gasteiger charge is -2.13. The largest absolute Gasteiger partial charge is 0.480 e. The van der Waals surface area contributed by atoms with Crippen LogP contribution in [0.5, 0.6) is 0 Å². The number of rotatable bonds is 10. The van der Waals surface area contributed by atoms with E-state index in [1.165, 1.54) is 16.2 Å². The number of aliphatic carboxylic acids is 1. The Balaban J connectivity index is 2.62. The highest BCUT2D eigenvalue weighted by Gasteiger charge is 2.20. The Bertz CT molecular complexity index is 564. The van der Waals surface area contributed by atoms with Gasteiger partial charge in [-0.25, -0.2) is 4.98 Å². The Morgan fingerprint density at radius 1 is 1.52 bits per heavy atom. The summed E-state index contributed by atoms with van der Waals surface area (Å²) in [4.78, 5) is 40.0. The molecule has 2 N–H and O–H groups in total. The average molecular weight is 406 g/mol. The molecule has 0 aliphatic carbocycles. The smallest absolute Gasteiger partial charge is 0.321 e. The Morgan fingerprint density at radius 3 is 2.78 bits per heavy atom. The number of likely N-dealkylation sites (N-methyl/N-ethyl adjacent to an activating group) is 2. The number of carboxylic acid groups (broad SMARTS) is 1.